The first-order chi connectivity index (χ1) is 14.5. The van der Waals surface area contributed by atoms with Gasteiger partial charge in [0.05, 0.1) is 0 Å². The molecule has 0 aliphatic rings. The van der Waals surface area contributed by atoms with Crippen molar-refractivity contribution in [1.29, 1.82) is 0 Å². The van der Waals surface area contributed by atoms with Crippen LogP contribution >= 0.6 is 12.2 Å². The number of anilines is 1. The lowest BCUT2D eigenvalue weighted by molar-refractivity contribution is -0.119. The monoisotopic (exact) mass is 423 g/mol. The molecular weight excluding hydrogens is 394 g/mol. The van der Waals surface area contributed by atoms with E-state index in [1.807, 2.05) is 30.3 Å². The van der Waals surface area contributed by atoms with Crippen molar-refractivity contribution >= 4 is 40.0 Å². The van der Waals surface area contributed by atoms with Crippen LogP contribution in [0.25, 0.3) is 22.6 Å². The minimum Gasteiger partial charge on any atom is -0.436 e. The summed E-state index contributed by atoms with van der Waals surface area (Å²) in [6, 6.07) is 13.8. The molecule has 1 aromatic heterocycles. The van der Waals surface area contributed by atoms with Crippen LogP contribution in [0.2, 0.25) is 0 Å². The topological polar surface area (TPSA) is 67.2 Å². The Hall–Kier alpha value is -2.73. The predicted molar refractivity (Wildman–Crippen MR) is 127 cm³/mol. The number of thiocarbonyl (C=S) groups is 1. The third-order valence-corrected chi connectivity index (χ3v) is 5.42. The van der Waals surface area contributed by atoms with E-state index in [9.17, 15) is 4.79 Å². The fourth-order valence-electron chi connectivity index (χ4n) is 3.23. The molecule has 0 saturated carbocycles. The van der Waals surface area contributed by atoms with Crippen LogP contribution in [0.1, 0.15) is 64.4 Å². The Bertz CT molecular complexity index is 1030. The highest BCUT2D eigenvalue weighted by molar-refractivity contribution is 7.80. The largest absolute Gasteiger partial charge is 0.436 e. The van der Waals surface area contributed by atoms with E-state index in [0.29, 0.717) is 23.3 Å². The molecule has 1 amide bonds. The van der Waals surface area contributed by atoms with Crippen molar-refractivity contribution in [2.45, 2.75) is 58.8 Å². The first-order valence-corrected chi connectivity index (χ1v) is 11.0. The number of unbranched alkanes of at least 4 members (excludes halogenated alkanes) is 2. The lowest BCUT2D eigenvalue weighted by Gasteiger charge is -2.10. The lowest BCUT2D eigenvalue weighted by Crippen LogP contribution is -2.33. The molecule has 0 aliphatic carbocycles. The van der Waals surface area contributed by atoms with Crippen molar-refractivity contribution < 1.29 is 9.21 Å². The molecule has 158 valence electrons. The van der Waals surface area contributed by atoms with E-state index in [0.717, 1.165) is 48.0 Å². The van der Waals surface area contributed by atoms with Crippen LogP contribution in [-0.4, -0.2) is 16.0 Å². The van der Waals surface area contributed by atoms with Crippen LogP contribution < -0.4 is 10.6 Å². The molecule has 2 aromatic carbocycles. The second-order valence-electron chi connectivity index (χ2n) is 7.60. The number of aromatic nitrogens is 1. The summed E-state index contributed by atoms with van der Waals surface area (Å²) in [4.78, 5) is 16.6. The third-order valence-electron chi connectivity index (χ3n) is 5.22. The number of nitrogens with zero attached hydrogens (tertiary/aromatic N) is 1. The van der Waals surface area contributed by atoms with Gasteiger partial charge in [0.1, 0.15) is 5.52 Å². The average molecular weight is 424 g/mol. The number of carbonyl (C=O) groups is 1. The quantitative estimate of drug-likeness (QED) is 0.324. The van der Waals surface area contributed by atoms with Crippen molar-refractivity contribution in [1.82, 2.24) is 10.3 Å². The van der Waals surface area contributed by atoms with E-state index >= 15 is 0 Å². The smallest absolute Gasteiger partial charge is 0.227 e. The number of fused-ring (bicyclic) bond motifs is 1. The second-order valence-corrected chi connectivity index (χ2v) is 8.00. The minimum absolute atomic E-state index is 0.0619. The van der Waals surface area contributed by atoms with Crippen molar-refractivity contribution in [2.24, 2.45) is 0 Å². The maximum absolute atomic E-state index is 11.9. The Labute approximate surface area is 183 Å². The molecule has 0 spiro atoms. The fraction of sp³-hybridized carbons (Fsp3) is 0.375. The Morgan fingerprint density at radius 1 is 1.17 bits per heavy atom. The van der Waals surface area contributed by atoms with Crippen LogP contribution in [-0.2, 0) is 4.79 Å². The third kappa shape index (κ3) is 5.66. The van der Waals surface area contributed by atoms with Gasteiger partial charge in [-0.25, -0.2) is 4.98 Å². The van der Waals surface area contributed by atoms with Gasteiger partial charge < -0.3 is 15.1 Å². The average Bonchev–Trinajstić information content (AvgIpc) is 3.17. The highest BCUT2D eigenvalue weighted by Crippen LogP contribution is 2.29. The van der Waals surface area contributed by atoms with E-state index in [4.69, 9.17) is 16.6 Å². The Balaban J connectivity index is 1.70. The fourth-order valence-corrected chi connectivity index (χ4v) is 3.46. The Kier molecular flexibility index (Phi) is 7.57. The molecule has 1 atom stereocenters. The molecule has 0 aliphatic heterocycles. The molecule has 5 nitrogen and oxygen atoms in total. The molecule has 0 bridgehead atoms. The maximum atomic E-state index is 11.9. The van der Waals surface area contributed by atoms with Crippen LogP contribution in [0, 0.1) is 0 Å². The zero-order chi connectivity index (χ0) is 21.5. The summed E-state index contributed by atoms with van der Waals surface area (Å²) >= 11 is 5.27. The standard InChI is InChI=1S/C24H29N3O2S/c1-4-6-7-11-22(28)27-24(30)25-19-10-8-9-18(14-19)23-26-20-15-17(16(3)5-2)12-13-21(20)29-23/h8-10,12-16H,4-7,11H2,1-3H3,(H2,25,27,28,30). The molecule has 3 aromatic rings. The molecule has 0 radical (unpaired) electrons. The van der Waals surface area contributed by atoms with Gasteiger partial charge in [-0.1, -0.05) is 45.7 Å². The zero-order valence-corrected chi connectivity index (χ0v) is 18.6. The highest BCUT2D eigenvalue weighted by atomic mass is 32.1. The van der Waals surface area contributed by atoms with Crippen LogP contribution in [0.5, 0.6) is 0 Å². The van der Waals surface area contributed by atoms with Gasteiger partial charge in [0.2, 0.25) is 11.8 Å². The number of hydrogen-bond acceptors (Lipinski definition) is 4. The molecule has 30 heavy (non-hydrogen) atoms. The van der Waals surface area contributed by atoms with Gasteiger partial charge in [0, 0.05) is 17.7 Å². The summed E-state index contributed by atoms with van der Waals surface area (Å²) in [5.74, 6) is 0.984. The van der Waals surface area contributed by atoms with E-state index in [1.54, 1.807) is 0 Å². The van der Waals surface area contributed by atoms with Crippen LogP contribution in [0.4, 0.5) is 5.69 Å². The van der Waals surface area contributed by atoms with Crippen molar-refractivity contribution in [3.63, 3.8) is 0 Å². The number of hydrogen-bond donors (Lipinski definition) is 2. The van der Waals surface area contributed by atoms with Crippen LogP contribution in [0.15, 0.2) is 46.9 Å². The Morgan fingerprint density at radius 2 is 2.00 bits per heavy atom. The number of carbonyl (C=O) groups excluding carboxylic acids is 1. The number of benzene rings is 2. The minimum atomic E-state index is -0.0619. The summed E-state index contributed by atoms with van der Waals surface area (Å²) in [7, 11) is 0. The molecule has 1 unspecified atom stereocenters. The molecule has 1 heterocycles. The first-order valence-electron chi connectivity index (χ1n) is 10.6. The van der Waals surface area contributed by atoms with Gasteiger partial charge in [0.15, 0.2) is 10.7 Å². The van der Waals surface area contributed by atoms with Crippen molar-refractivity contribution in [2.75, 3.05) is 5.32 Å². The van der Waals surface area contributed by atoms with Gasteiger partial charge in [-0.3, -0.25) is 4.79 Å². The molecule has 3 rings (SSSR count). The number of oxazole rings is 1. The first kappa shape index (κ1) is 22.0. The number of amides is 1. The Morgan fingerprint density at radius 3 is 2.77 bits per heavy atom. The van der Waals surface area contributed by atoms with Gasteiger partial charge in [-0.15, -0.1) is 0 Å². The highest BCUT2D eigenvalue weighted by Gasteiger charge is 2.12. The van der Waals surface area contributed by atoms with Crippen molar-refractivity contribution in [3.8, 4) is 11.5 Å². The molecule has 0 fully saturated rings. The number of rotatable bonds is 8. The van der Waals surface area contributed by atoms with Gasteiger partial charge in [-0.2, -0.15) is 0 Å². The zero-order valence-electron chi connectivity index (χ0n) is 17.8. The summed E-state index contributed by atoms with van der Waals surface area (Å²) in [5, 5.41) is 6.10. The molecule has 0 saturated heterocycles. The molecular formula is C24H29N3O2S. The normalized spacial score (nSPS) is 12.0. The van der Waals surface area contributed by atoms with Gasteiger partial charge in [-0.05, 0) is 66.9 Å². The van der Waals surface area contributed by atoms with Gasteiger partial charge in [0.25, 0.3) is 0 Å². The number of nitrogens with one attached hydrogen (secondary N) is 2. The van der Waals surface area contributed by atoms with Gasteiger partial charge >= 0.3 is 0 Å². The van der Waals surface area contributed by atoms with Crippen molar-refractivity contribution in [3.05, 3.63) is 48.0 Å². The second kappa shape index (κ2) is 10.3. The summed E-state index contributed by atoms with van der Waals surface area (Å²) < 4.78 is 5.96. The van der Waals surface area contributed by atoms with Crippen LogP contribution in [0.3, 0.4) is 0 Å². The molecule has 6 heteroatoms. The summed E-state index contributed by atoms with van der Waals surface area (Å²) in [6.07, 6.45) is 4.56. The summed E-state index contributed by atoms with van der Waals surface area (Å²) in [5.41, 5.74) is 4.51. The molecule has 2 N–H and O–H groups in total. The van der Waals surface area contributed by atoms with E-state index in [1.165, 1.54) is 5.56 Å². The predicted octanol–water partition coefficient (Wildman–Crippen LogP) is 6.40. The summed E-state index contributed by atoms with van der Waals surface area (Å²) in [6.45, 7) is 6.50. The van der Waals surface area contributed by atoms with E-state index in [2.05, 4.69) is 48.5 Å². The SMILES string of the molecule is CCCCCC(=O)NC(=S)Nc1cccc(-c2nc3cc(C(C)CC)ccc3o2)c1. The maximum Gasteiger partial charge on any atom is 0.227 e. The van der Waals surface area contributed by atoms with E-state index < -0.39 is 0 Å². The van der Waals surface area contributed by atoms with E-state index in [-0.39, 0.29) is 5.91 Å². The lowest BCUT2D eigenvalue weighted by atomic mass is 9.98.